The molecular weight excluding hydrogens is 546 g/mol. The quantitative estimate of drug-likeness (QED) is 0.336. The Morgan fingerprint density at radius 3 is 2.35 bits per heavy atom. The largest absolute Gasteiger partial charge is 0.460 e. The zero-order chi connectivity index (χ0) is 31.1. The lowest BCUT2D eigenvalue weighted by molar-refractivity contribution is -0.157. The number of amides is 2. The van der Waals surface area contributed by atoms with Crippen LogP contribution in [0.4, 0.5) is 10.7 Å². The zero-order valence-corrected chi connectivity index (χ0v) is 27.2. The predicted molar refractivity (Wildman–Crippen MR) is 166 cm³/mol. The van der Waals surface area contributed by atoms with Gasteiger partial charge in [0.15, 0.2) is 0 Å². The van der Waals surface area contributed by atoms with Gasteiger partial charge in [0.25, 0.3) is 0 Å². The number of ether oxygens (including phenoxy) is 2. The first-order valence-electron chi connectivity index (χ1n) is 16.4. The minimum Gasteiger partial charge on any atom is -0.460 e. The molecule has 0 radical (unpaired) electrons. The Hall–Kier alpha value is -2.91. The SMILES string of the molecule is CC(C)OC(=O)N1CCC([C@H](C)CCCc2cnc(N3C[C@H](CC(=O)OC(C)(C)C)[C@@H](N4CCCCC4=O)C3)nc2)CC1. The van der Waals surface area contributed by atoms with Crippen molar-refractivity contribution in [3.63, 3.8) is 0 Å². The molecule has 0 N–H and O–H groups in total. The van der Waals surface area contributed by atoms with Crippen LogP contribution in [0.1, 0.15) is 98.5 Å². The monoisotopic (exact) mass is 599 g/mol. The Labute approximate surface area is 257 Å². The number of anilines is 1. The average Bonchev–Trinajstić information content (AvgIpc) is 3.35. The molecule has 2 amide bonds. The van der Waals surface area contributed by atoms with Crippen LogP contribution >= 0.6 is 0 Å². The highest BCUT2D eigenvalue weighted by atomic mass is 16.6. The summed E-state index contributed by atoms with van der Waals surface area (Å²) < 4.78 is 11.0. The van der Waals surface area contributed by atoms with E-state index < -0.39 is 5.60 Å². The smallest absolute Gasteiger partial charge is 0.410 e. The molecule has 1 aromatic rings. The maximum absolute atomic E-state index is 12.8. The van der Waals surface area contributed by atoms with Gasteiger partial charge in [0.1, 0.15) is 5.60 Å². The van der Waals surface area contributed by atoms with Gasteiger partial charge in [0.2, 0.25) is 11.9 Å². The summed E-state index contributed by atoms with van der Waals surface area (Å²) in [5.41, 5.74) is 0.581. The van der Waals surface area contributed by atoms with E-state index in [4.69, 9.17) is 19.4 Å². The summed E-state index contributed by atoms with van der Waals surface area (Å²) in [4.78, 5) is 53.1. The first-order valence-corrected chi connectivity index (χ1v) is 16.4. The standard InChI is InChI=1S/C33H53N5O5/c1-23(2)42-32(41)36-16-13-26(14-17-36)24(3)10-9-11-25-19-34-31(35-20-25)37-21-27(18-30(40)43-33(4,5)6)28(22-37)38-15-8-7-12-29(38)39/h19-20,23-24,26-28H,7-18,21-22H2,1-6H3/t24-,27+,28+/m1/s1. The van der Waals surface area contributed by atoms with Crippen LogP contribution in [0.3, 0.4) is 0 Å². The minimum absolute atomic E-state index is 0.0191. The van der Waals surface area contributed by atoms with Gasteiger partial charge in [-0.1, -0.05) is 13.3 Å². The maximum atomic E-state index is 12.8. The van der Waals surface area contributed by atoms with Gasteiger partial charge < -0.3 is 24.2 Å². The van der Waals surface area contributed by atoms with E-state index in [1.807, 2.05) is 56.8 Å². The van der Waals surface area contributed by atoms with Crippen molar-refractivity contribution < 1.29 is 23.9 Å². The number of aromatic nitrogens is 2. The molecule has 3 aliphatic heterocycles. The Balaban J connectivity index is 1.27. The normalized spacial score (nSPS) is 22.7. The molecule has 0 spiro atoms. The highest BCUT2D eigenvalue weighted by Crippen LogP contribution is 2.32. The van der Waals surface area contributed by atoms with Gasteiger partial charge in [-0.3, -0.25) is 9.59 Å². The van der Waals surface area contributed by atoms with Gasteiger partial charge in [0, 0.05) is 57.5 Å². The molecular formula is C33H53N5O5. The molecule has 240 valence electrons. The number of aryl methyl sites for hydroxylation is 1. The highest BCUT2D eigenvalue weighted by molar-refractivity contribution is 5.78. The van der Waals surface area contributed by atoms with E-state index in [9.17, 15) is 14.4 Å². The predicted octanol–water partition coefficient (Wildman–Crippen LogP) is 5.24. The maximum Gasteiger partial charge on any atom is 0.410 e. The lowest BCUT2D eigenvalue weighted by Gasteiger charge is -2.35. The third kappa shape index (κ3) is 9.54. The van der Waals surface area contributed by atoms with E-state index >= 15 is 0 Å². The number of carbonyl (C=O) groups excluding carboxylic acids is 3. The molecule has 10 heteroatoms. The van der Waals surface area contributed by atoms with Gasteiger partial charge in [0.05, 0.1) is 18.6 Å². The number of hydrogen-bond donors (Lipinski definition) is 0. The second-order valence-corrected chi connectivity index (χ2v) is 14.1. The molecule has 1 aromatic heterocycles. The summed E-state index contributed by atoms with van der Waals surface area (Å²) in [6.45, 7) is 15.3. The molecule has 0 aliphatic carbocycles. The van der Waals surface area contributed by atoms with E-state index in [1.165, 1.54) is 0 Å². The van der Waals surface area contributed by atoms with Crippen molar-refractivity contribution in [3.8, 4) is 0 Å². The van der Waals surface area contributed by atoms with Gasteiger partial charge in [-0.05, 0) is 90.5 Å². The number of likely N-dealkylation sites (tertiary alicyclic amines) is 2. The number of nitrogens with zero attached hydrogens (tertiary/aromatic N) is 5. The van der Waals surface area contributed by atoms with Crippen LogP contribution in [0, 0.1) is 17.8 Å². The summed E-state index contributed by atoms with van der Waals surface area (Å²) in [5, 5.41) is 0. The van der Waals surface area contributed by atoms with Crippen molar-refractivity contribution in [2.24, 2.45) is 17.8 Å². The fraction of sp³-hybridized carbons (Fsp3) is 0.788. The molecule has 10 nitrogen and oxygen atoms in total. The molecule has 3 aliphatic rings. The second kappa shape index (κ2) is 14.7. The van der Waals surface area contributed by atoms with Crippen molar-refractivity contribution in [2.45, 2.75) is 117 Å². The molecule has 0 aromatic carbocycles. The Kier molecular flexibility index (Phi) is 11.3. The first kappa shape index (κ1) is 33.0. The van der Waals surface area contributed by atoms with Crippen molar-refractivity contribution in [1.82, 2.24) is 19.8 Å². The summed E-state index contributed by atoms with van der Waals surface area (Å²) in [6, 6.07) is -0.0437. The van der Waals surface area contributed by atoms with E-state index in [0.717, 1.165) is 70.1 Å². The number of carbonyl (C=O) groups is 3. The fourth-order valence-electron chi connectivity index (χ4n) is 6.78. The number of hydrogen-bond acceptors (Lipinski definition) is 8. The molecule has 0 unspecified atom stereocenters. The van der Waals surface area contributed by atoms with Crippen LogP contribution in [0.25, 0.3) is 0 Å². The van der Waals surface area contributed by atoms with E-state index in [-0.39, 0.29) is 42.5 Å². The minimum atomic E-state index is -0.539. The van der Waals surface area contributed by atoms with Gasteiger partial charge in [-0.15, -0.1) is 0 Å². The second-order valence-electron chi connectivity index (χ2n) is 14.1. The molecule has 3 fully saturated rings. The molecule has 0 saturated carbocycles. The van der Waals surface area contributed by atoms with E-state index in [1.54, 1.807) is 0 Å². The molecule has 43 heavy (non-hydrogen) atoms. The number of rotatable bonds is 10. The van der Waals surface area contributed by atoms with Crippen molar-refractivity contribution in [3.05, 3.63) is 18.0 Å². The van der Waals surface area contributed by atoms with Crippen molar-refractivity contribution >= 4 is 23.9 Å². The lowest BCUT2D eigenvalue weighted by atomic mass is 9.82. The molecule has 4 heterocycles. The van der Waals surface area contributed by atoms with Crippen LogP contribution in [-0.4, -0.2) is 88.2 Å². The van der Waals surface area contributed by atoms with Crippen LogP contribution in [-0.2, 0) is 25.5 Å². The Morgan fingerprint density at radius 2 is 1.72 bits per heavy atom. The fourth-order valence-corrected chi connectivity index (χ4v) is 6.78. The van der Waals surface area contributed by atoms with Crippen molar-refractivity contribution in [1.29, 1.82) is 0 Å². The molecule has 0 bridgehead atoms. The first-order chi connectivity index (χ1) is 20.4. The zero-order valence-electron chi connectivity index (χ0n) is 27.2. The topological polar surface area (TPSA) is 105 Å². The summed E-state index contributed by atoms with van der Waals surface area (Å²) in [7, 11) is 0. The van der Waals surface area contributed by atoms with Gasteiger partial charge >= 0.3 is 12.1 Å². The lowest BCUT2D eigenvalue weighted by Crippen LogP contribution is -2.47. The van der Waals surface area contributed by atoms with Gasteiger partial charge in [-0.2, -0.15) is 0 Å². The Morgan fingerprint density at radius 1 is 1.02 bits per heavy atom. The van der Waals surface area contributed by atoms with Crippen molar-refractivity contribution in [2.75, 3.05) is 37.6 Å². The van der Waals surface area contributed by atoms with Crippen LogP contribution in [0.2, 0.25) is 0 Å². The van der Waals surface area contributed by atoms with Crippen LogP contribution in [0.5, 0.6) is 0 Å². The highest BCUT2D eigenvalue weighted by Gasteiger charge is 2.41. The van der Waals surface area contributed by atoms with Crippen LogP contribution in [0.15, 0.2) is 12.4 Å². The van der Waals surface area contributed by atoms with Gasteiger partial charge in [-0.25, -0.2) is 14.8 Å². The molecule has 3 saturated heterocycles. The van der Waals surface area contributed by atoms with E-state index in [0.29, 0.717) is 37.3 Å². The summed E-state index contributed by atoms with van der Waals surface area (Å²) >= 11 is 0. The summed E-state index contributed by atoms with van der Waals surface area (Å²) in [6.07, 6.45) is 11.5. The summed E-state index contributed by atoms with van der Waals surface area (Å²) in [5.74, 6) is 1.82. The average molecular weight is 600 g/mol. The molecule has 3 atom stereocenters. The Bertz CT molecular complexity index is 1080. The third-order valence-corrected chi connectivity index (χ3v) is 9.05. The third-order valence-electron chi connectivity index (χ3n) is 9.05. The van der Waals surface area contributed by atoms with Crippen LogP contribution < -0.4 is 4.90 Å². The van der Waals surface area contributed by atoms with E-state index in [2.05, 4.69) is 11.8 Å². The number of piperidine rings is 2. The number of esters is 1. The molecule has 4 rings (SSSR count).